The minimum Gasteiger partial charge on any atom is -0.493 e. The summed E-state index contributed by atoms with van der Waals surface area (Å²) in [6.07, 6.45) is 2.08. The maximum atomic E-state index is 13.6. The summed E-state index contributed by atoms with van der Waals surface area (Å²) in [7, 11) is 4.65. The van der Waals surface area contributed by atoms with Gasteiger partial charge in [0.05, 0.1) is 32.7 Å². The zero-order valence-corrected chi connectivity index (χ0v) is 20.6. The Kier molecular flexibility index (Phi) is 9.15. The van der Waals surface area contributed by atoms with Crippen LogP contribution >= 0.6 is 0 Å². The average molecular weight is 477 g/mol. The van der Waals surface area contributed by atoms with Gasteiger partial charge in [-0.2, -0.15) is 0 Å². The monoisotopic (exact) mass is 476 g/mol. The van der Waals surface area contributed by atoms with Gasteiger partial charge < -0.3 is 28.7 Å². The number of likely N-dealkylation sites (tertiary alicyclic amines) is 2. The van der Waals surface area contributed by atoms with Gasteiger partial charge in [-0.05, 0) is 43.9 Å². The molecule has 34 heavy (non-hydrogen) atoms. The van der Waals surface area contributed by atoms with Crippen molar-refractivity contribution in [2.75, 3.05) is 60.7 Å². The maximum Gasteiger partial charge on any atom is 0.310 e. The fourth-order valence-electron chi connectivity index (χ4n) is 4.93. The number of piperidine rings is 2. The van der Waals surface area contributed by atoms with Crippen molar-refractivity contribution in [3.05, 3.63) is 23.8 Å². The highest BCUT2D eigenvalue weighted by Crippen LogP contribution is 2.36. The van der Waals surface area contributed by atoms with Crippen molar-refractivity contribution in [3.63, 3.8) is 0 Å². The topological polar surface area (TPSA) is 94.6 Å². The molecule has 2 aliphatic heterocycles. The molecule has 9 nitrogen and oxygen atoms in total. The zero-order valence-electron chi connectivity index (χ0n) is 20.6. The smallest absolute Gasteiger partial charge is 0.310 e. The van der Waals surface area contributed by atoms with Crippen LogP contribution in [0.2, 0.25) is 0 Å². The van der Waals surface area contributed by atoms with Crippen LogP contribution in [0, 0.1) is 11.8 Å². The molecular weight excluding hydrogens is 440 g/mol. The maximum absolute atomic E-state index is 13.6. The first-order valence-electron chi connectivity index (χ1n) is 11.9. The van der Waals surface area contributed by atoms with E-state index in [-0.39, 0.29) is 42.1 Å². The first-order chi connectivity index (χ1) is 16.4. The molecule has 9 heteroatoms. The lowest BCUT2D eigenvalue weighted by atomic mass is 9.83. The highest BCUT2D eigenvalue weighted by Gasteiger charge is 2.38. The molecule has 0 bridgehead atoms. The van der Waals surface area contributed by atoms with E-state index in [2.05, 4.69) is 0 Å². The fourth-order valence-corrected chi connectivity index (χ4v) is 4.93. The van der Waals surface area contributed by atoms with Gasteiger partial charge in [-0.15, -0.1) is 0 Å². The predicted molar refractivity (Wildman–Crippen MR) is 125 cm³/mol. The van der Waals surface area contributed by atoms with Gasteiger partial charge in [0, 0.05) is 39.2 Å². The minimum atomic E-state index is -0.367. The van der Waals surface area contributed by atoms with Crippen LogP contribution in [0.3, 0.4) is 0 Å². The molecule has 0 aliphatic carbocycles. The van der Waals surface area contributed by atoms with E-state index in [9.17, 15) is 14.4 Å². The third kappa shape index (κ3) is 6.00. The molecule has 0 radical (unpaired) electrons. The Bertz CT molecular complexity index is 875. The van der Waals surface area contributed by atoms with Crippen LogP contribution in [0.4, 0.5) is 0 Å². The number of ether oxygens (including phenoxy) is 4. The van der Waals surface area contributed by atoms with Crippen LogP contribution in [0.15, 0.2) is 18.2 Å². The number of carbonyl (C=O) groups is 3. The molecule has 0 N–H and O–H groups in total. The van der Waals surface area contributed by atoms with Crippen molar-refractivity contribution in [1.82, 2.24) is 9.80 Å². The van der Waals surface area contributed by atoms with E-state index in [0.717, 1.165) is 18.4 Å². The summed E-state index contributed by atoms with van der Waals surface area (Å²) in [5, 5.41) is 0. The zero-order chi connectivity index (χ0) is 24.7. The number of carbonyl (C=O) groups excluding carboxylic acids is 3. The van der Waals surface area contributed by atoms with Crippen LogP contribution in [-0.2, 0) is 23.9 Å². The lowest BCUT2D eigenvalue weighted by molar-refractivity contribution is -0.152. The minimum absolute atomic E-state index is 0.0191. The molecule has 2 saturated heterocycles. The second kappa shape index (κ2) is 12.1. The Morgan fingerprint density at radius 3 is 2.38 bits per heavy atom. The van der Waals surface area contributed by atoms with Gasteiger partial charge in [0.25, 0.3) is 0 Å². The van der Waals surface area contributed by atoms with E-state index in [1.807, 2.05) is 18.2 Å². The van der Waals surface area contributed by atoms with Crippen LogP contribution in [0.25, 0.3) is 0 Å². The van der Waals surface area contributed by atoms with E-state index >= 15 is 0 Å². The van der Waals surface area contributed by atoms with Gasteiger partial charge >= 0.3 is 5.97 Å². The van der Waals surface area contributed by atoms with Gasteiger partial charge in [0.15, 0.2) is 11.5 Å². The van der Waals surface area contributed by atoms with Gasteiger partial charge in [-0.1, -0.05) is 6.07 Å². The molecular formula is C25H36N2O7. The lowest BCUT2D eigenvalue weighted by Crippen LogP contribution is -2.52. The normalized spacial score (nSPS) is 22.8. The molecule has 1 aromatic rings. The summed E-state index contributed by atoms with van der Waals surface area (Å²) in [6, 6.07) is 5.71. The van der Waals surface area contributed by atoms with E-state index in [1.165, 1.54) is 7.11 Å². The lowest BCUT2D eigenvalue weighted by Gasteiger charge is -2.40. The quantitative estimate of drug-likeness (QED) is 0.530. The molecule has 1 aromatic carbocycles. The molecule has 3 rings (SSSR count). The molecule has 2 fully saturated rings. The van der Waals surface area contributed by atoms with Gasteiger partial charge in [0.2, 0.25) is 11.8 Å². The number of nitrogens with zero attached hydrogens (tertiary/aromatic N) is 2. The largest absolute Gasteiger partial charge is 0.493 e. The van der Waals surface area contributed by atoms with Crippen LogP contribution in [-0.4, -0.2) is 88.3 Å². The first-order valence-corrected chi connectivity index (χ1v) is 11.9. The highest BCUT2D eigenvalue weighted by molar-refractivity contribution is 5.83. The Hall–Kier alpha value is -2.81. The SMILES string of the molecule is CCOC(=O)[C@H]1CCCN(C(=O)[C@@H]2C[C@@H](c3ccc(OC)c(OC)c3)CN(C(=O)COC)C2)C1. The standard InChI is InChI=1S/C25H36N2O7/c1-5-34-25(30)18-7-6-10-26(13-18)24(29)20-11-19(14-27(15-20)23(28)16-31-2)17-8-9-21(32-3)22(12-17)33-4/h8-9,12,18-20H,5-7,10-11,13-16H2,1-4H3/t18-,19+,20+/m0/s1. The number of rotatable bonds is 8. The second-order valence-corrected chi connectivity index (χ2v) is 8.85. The summed E-state index contributed by atoms with van der Waals surface area (Å²) in [4.78, 5) is 42.0. The van der Waals surface area contributed by atoms with Crippen molar-refractivity contribution < 1.29 is 33.3 Å². The van der Waals surface area contributed by atoms with E-state index in [1.54, 1.807) is 30.9 Å². The van der Waals surface area contributed by atoms with Crippen LogP contribution in [0.1, 0.15) is 37.7 Å². The molecule has 0 aromatic heterocycles. The Balaban J connectivity index is 1.81. The average Bonchev–Trinajstić information content (AvgIpc) is 2.87. The third-order valence-corrected chi connectivity index (χ3v) is 6.65. The van der Waals surface area contributed by atoms with Crippen molar-refractivity contribution in [2.24, 2.45) is 11.8 Å². The molecule has 3 atom stereocenters. The molecule has 0 spiro atoms. The van der Waals surface area contributed by atoms with E-state index in [0.29, 0.717) is 50.7 Å². The Morgan fingerprint density at radius 1 is 0.971 bits per heavy atom. The second-order valence-electron chi connectivity index (χ2n) is 8.85. The number of hydrogen-bond acceptors (Lipinski definition) is 7. The number of esters is 1. The summed E-state index contributed by atoms with van der Waals surface area (Å²) < 4.78 is 21.1. The molecule has 2 aliphatic rings. The summed E-state index contributed by atoms with van der Waals surface area (Å²) in [6.45, 7) is 3.88. The van der Waals surface area contributed by atoms with Crippen molar-refractivity contribution in [2.45, 2.75) is 32.1 Å². The van der Waals surface area contributed by atoms with Crippen LogP contribution in [0.5, 0.6) is 11.5 Å². The van der Waals surface area contributed by atoms with Crippen LogP contribution < -0.4 is 9.47 Å². The van der Waals surface area contributed by atoms with Gasteiger partial charge in [-0.25, -0.2) is 0 Å². The molecule has 2 amide bonds. The third-order valence-electron chi connectivity index (χ3n) is 6.65. The van der Waals surface area contributed by atoms with Crippen molar-refractivity contribution in [1.29, 1.82) is 0 Å². The number of methoxy groups -OCH3 is 3. The predicted octanol–water partition coefficient (Wildman–Crippen LogP) is 2.08. The van der Waals surface area contributed by atoms with E-state index in [4.69, 9.17) is 18.9 Å². The Morgan fingerprint density at radius 2 is 1.71 bits per heavy atom. The van der Waals surface area contributed by atoms with Crippen molar-refractivity contribution >= 4 is 17.8 Å². The van der Waals surface area contributed by atoms with E-state index < -0.39 is 0 Å². The fraction of sp³-hybridized carbons (Fsp3) is 0.640. The Labute approximate surface area is 201 Å². The summed E-state index contributed by atoms with van der Waals surface area (Å²) >= 11 is 0. The number of amides is 2. The first kappa shape index (κ1) is 25.8. The summed E-state index contributed by atoms with van der Waals surface area (Å²) in [5.74, 6) is 0.111. The molecule has 2 heterocycles. The molecule has 188 valence electrons. The summed E-state index contributed by atoms with van der Waals surface area (Å²) in [5.41, 5.74) is 0.980. The molecule has 0 unspecified atom stereocenters. The van der Waals surface area contributed by atoms with Crippen molar-refractivity contribution in [3.8, 4) is 11.5 Å². The highest BCUT2D eigenvalue weighted by atomic mass is 16.5. The van der Waals surface area contributed by atoms with Gasteiger partial charge in [0.1, 0.15) is 6.61 Å². The molecule has 0 saturated carbocycles. The number of benzene rings is 1. The number of hydrogen-bond donors (Lipinski definition) is 0. The van der Waals surface area contributed by atoms with Gasteiger partial charge in [-0.3, -0.25) is 14.4 Å².